The number of halogens is 1. The van der Waals surface area contributed by atoms with E-state index in [0.717, 1.165) is 6.07 Å². The summed E-state index contributed by atoms with van der Waals surface area (Å²) in [5, 5.41) is 8.99. The molecule has 2 N–H and O–H groups in total. The van der Waals surface area contributed by atoms with Crippen LogP contribution in [0.15, 0.2) is 17.0 Å². The van der Waals surface area contributed by atoms with Gasteiger partial charge in [-0.25, -0.2) is 17.5 Å². The van der Waals surface area contributed by atoms with Crippen LogP contribution >= 0.6 is 0 Å². The Hall–Kier alpha value is -0.980. The highest BCUT2D eigenvalue weighted by atomic mass is 32.2. The summed E-state index contributed by atoms with van der Waals surface area (Å²) in [7, 11) is -3.80. The molecule has 18 heavy (non-hydrogen) atoms. The maximum atomic E-state index is 13.6. The lowest BCUT2D eigenvalue weighted by atomic mass is 10.1. The van der Waals surface area contributed by atoms with Crippen LogP contribution in [0.4, 0.5) is 4.39 Å². The predicted octanol–water partition coefficient (Wildman–Crippen LogP) is 1.70. The zero-order valence-corrected chi connectivity index (χ0v) is 11.7. The molecule has 0 fully saturated rings. The van der Waals surface area contributed by atoms with E-state index < -0.39 is 28.0 Å². The second kappa shape index (κ2) is 4.95. The van der Waals surface area contributed by atoms with Crippen molar-refractivity contribution >= 4 is 10.0 Å². The average molecular weight is 275 g/mol. The number of hydrogen-bond donors (Lipinski definition) is 2. The molecule has 0 spiro atoms. The van der Waals surface area contributed by atoms with Crippen LogP contribution < -0.4 is 4.72 Å². The van der Waals surface area contributed by atoms with Crippen LogP contribution in [0.1, 0.15) is 31.9 Å². The van der Waals surface area contributed by atoms with Crippen molar-refractivity contribution < 1.29 is 17.9 Å². The van der Waals surface area contributed by atoms with Gasteiger partial charge in [0.25, 0.3) is 0 Å². The summed E-state index contributed by atoms with van der Waals surface area (Å²) in [6, 6.07) is 2.41. The molecule has 0 amide bonds. The number of hydrogen-bond acceptors (Lipinski definition) is 3. The first-order valence-corrected chi connectivity index (χ1v) is 6.99. The first-order valence-electron chi connectivity index (χ1n) is 5.51. The monoisotopic (exact) mass is 275 g/mol. The van der Waals surface area contributed by atoms with Gasteiger partial charge in [-0.3, -0.25) is 0 Å². The van der Waals surface area contributed by atoms with Crippen LogP contribution in [-0.4, -0.2) is 19.1 Å². The van der Waals surface area contributed by atoms with Crippen LogP contribution in [0.25, 0.3) is 0 Å². The number of aliphatic hydroxyl groups is 1. The molecule has 102 valence electrons. The zero-order valence-electron chi connectivity index (χ0n) is 10.9. The molecule has 4 nitrogen and oxygen atoms in total. The molecule has 6 heteroatoms. The molecule has 0 radical (unpaired) electrons. The van der Waals surface area contributed by atoms with Gasteiger partial charge in [0.1, 0.15) is 5.82 Å². The van der Waals surface area contributed by atoms with Crippen molar-refractivity contribution in [1.82, 2.24) is 4.72 Å². The Morgan fingerprint density at radius 2 is 1.89 bits per heavy atom. The average Bonchev–Trinajstić information content (AvgIpc) is 2.17. The maximum Gasteiger partial charge on any atom is 0.241 e. The van der Waals surface area contributed by atoms with E-state index in [1.807, 2.05) is 0 Å². The Bertz CT molecular complexity index is 547. The van der Waals surface area contributed by atoms with Gasteiger partial charge in [-0.2, -0.15) is 0 Å². The maximum absolute atomic E-state index is 13.6. The molecule has 0 aliphatic heterocycles. The molecule has 0 bridgehead atoms. The van der Waals surface area contributed by atoms with Crippen molar-refractivity contribution in [3.8, 4) is 0 Å². The third-order valence-electron chi connectivity index (χ3n) is 2.27. The highest BCUT2D eigenvalue weighted by Gasteiger charge is 2.25. The Morgan fingerprint density at radius 3 is 2.33 bits per heavy atom. The van der Waals surface area contributed by atoms with Crippen LogP contribution in [0.3, 0.4) is 0 Å². The number of benzene rings is 1. The fraction of sp³-hybridized carbons (Fsp3) is 0.500. The summed E-state index contributed by atoms with van der Waals surface area (Å²) in [4.78, 5) is -0.138. The summed E-state index contributed by atoms with van der Waals surface area (Å²) in [5.74, 6) is -0.643. The number of rotatable bonds is 3. The largest absolute Gasteiger partial charge is 0.392 e. The molecule has 0 unspecified atom stereocenters. The summed E-state index contributed by atoms with van der Waals surface area (Å²) in [6.07, 6.45) is 0. The number of nitrogens with one attached hydrogen (secondary N) is 1. The fourth-order valence-corrected chi connectivity index (χ4v) is 3.26. The van der Waals surface area contributed by atoms with Crippen molar-refractivity contribution in [2.45, 2.75) is 44.7 Å². The second-order valence-corrected chi connectivity index (χ2v) is 6.87. The van der Waals surface area contributed by atoms with E-state index in [4.69, 9.17) is 5.11 Å². The van der Waals surface area contributed by atoms with E-state index in [-0.39, 0.29) is 16.0 Å². The standard InChI is InChI=1S/C12H18FNO3S/c1-8-10(13)5-9(7-15)6-11(8)18(16,17)14-12(2,3)4/h5-6,14-15H,7H2,1-4H3. The van der Waals surface area contributed by atoms with Crippen LogP contribution in [-0.2, 0) is 16.6 Å². The van der Waals surface area contributed by atoms with Gasteiger partial charge in [0, 0.05) is 11.1 Å². The molecule has 0 aromatic heterocycles. The summed E-state index contributed by atoms with van der Waals surface area (Å²) in [5.41, 5.74) is -0.381. The normalized spacial score (nSPS) is 12.8. The molecule has 1 rings (SSSR count). The van der Waals surface area contributed by atoms with Crippen LogP contribution in [0.2, 0.25) is 0 Å². The lowest BCUT2D eigenvalue weighted by Gasteiger charge is -2.21. The Kier molecular flexibility index (Phi) is 4.15. The van der Waals surface area contributed by atoms with Crippen molar-refractivity contribution in [2.75, 3.05) is 0 Å². The van der Waals surface area contributed by atoms with Crippen LogP contribution in [0, 0.1) is 12.7 Å². The molecule has 0 heterocycles. The minimum atomic E-state index is -3.80. The molecule has 0 aliphatic rings. The molecule has 1 aromatic rings. The van der Waals surface area contributed by atoms with Gasteiger partial charge >= 0.3 is 0 Å². The Labute approximate surface area is 107 Å². The first-order chi connectivity index (χ1) is 8.07. The predicted molar refractivity (Wildman–Crippen MR) is 67.1 cm³/mol. The van der Waals surface area contributed by atoms with Gasteiger partial charge in [0.2, 0.25) is 10.0 Å². The Balaban J connectivity index is 3.36. The number of sulfonamides is 1. The molecule has 1 aromatic carbocycles. The van der Waals surface area contributed by atoms with Crippen LogP contribution in [0.5, 0.6) is 0 Å². The van der Waals surface area contributed by atoms with Gasteiger partial charge in [0.15, 0.2) is 0 Å². The van der Waals surface area contributed by atoms with E-state index in [2.05, 4.69) is 4.72 Å². The second-order valence-electron chi connectivity index (χ2n) is 5.21. The third kappa shape index (κ3) is 3.51. The van der Waals surface area contributed by atoms with E-state index in [1.54, 1.807) is 20.8 Å². The summed E-state index contributed by atoms with van der Waals surface area (Å²) < 4.78 is 40.3. The highest BCUT2D eigenvalue weighted by molar-refractivity contribution is 7.89. The van der Waals surface area contributed by atoms with Crippen molar-refractivity contribution in [2.24, 2.45) is 0 Å². The van der Waals surface area contributed by atoms with E-state index in [1.165, 1.54) is 13.0 Å². The molecule has 0 saturated carbocycles. The summed E-state index contributed by atoms with van der Waals surface area (Å²) in [6.45, 7) is 6.09. The molecule has 0 atom stereocenters. The van der Waals surface area contributed by atoms with E-state index in [9.17, 15) is 12.8 Å². The topological polar surface area (TPSA) is 66.4 Å². The first kappa shape index (κ1) is 15.1. The van der Waals surface area contributed by atoms with Gasteiger partial charge in [0.05, 0.1) is 11.5 Å². The minimum absolute atomic E-state index is 0.0453. The minimum Gasteiger partial charge on any atom is -0.392 e. The van der Waals surface area contributed by atoms with Gasteiger partial charge in [-0.05, 0) is 45.4 Å². The van der Waals surface area contributed by atoms with Gasteiger partial charge < -0.3 is 5.11 Å². The molecule has 0 aliphatic carbocycles. The van der Waals surface area contributed by atoms with Crippen molar-refractivity contribution in [3.63, 3.8) is 0 Å². The third-order valence-corrected chi connectivity index (χ3v) is 4.15. The smallest absolute Gasteiger partial charge is 0.241 e. The summed E-state index contributed by atoms with van der Waals surface area (Å²) >= 11 is 0. The SMILES string of the molecule is Cc1c(F)cc(CO)cc1S(=O)(=O)NC(C)(C)C. The van der Waals surface area contributed by atoms with Crippen molar-refractivity contribution in [1.29, 1.82) is 0 Å². The lowest BCUT2D eigenvalue weighted by Crippen LogP contribution is -2.40. The van der Waals surface area contributed by atoms with Crippen molar-refractivity contribution in [3.05, 3.63) is 29.1 Å². The molecular formula is C12H18FNO3S. The molecular weight excluding hydrogens is 257 g/mol. The Morgan fingerprint density at radius 1 is 1.33 bits per heavy atom. The zero-order chi connectivity index (χ0) is 14.1. The quantitative estimate of drug-likeness (QED) is 0.882. The highest BCUT2D eigenvalue weighted by Crippen LogP contribution is 2.22. The van der Waals surface area contributed by atoms with Gasteiger partial charge in [-0.15, -0.1) is 0 Å². The van der Waals surface area contributed by atoms with E-state index >= 15 is 0 Å². The lowest BCUT2D eigenvalue weighted by molar-refractivity contribution is 0.281. The number of aliphatic hydroxyl groups excluding tert-OH is 1. The fourth-order valence-electron chi connectivity index (χ4n) is 1.54. The molecule has 0 saturated heterocycles. The van der Waals surface area contributed by atoms with Gasteiger partial charge in [-0.1, -0.05) is 0 Å². The van der Waals surface area contributed by atoms with E-state index in [0.29, 0.717) is 0 Å².